The lowest BCUT2D eigenvalue weighted by molar-refractivity contribution is 0.454. The van der Waals surface area contributed by atoms with Crippen LogP contribution in [0.4, 0.5) is 0 Å². The van der Waals surface area contributed by atoms with Gasteiger partial charge in [-0.2, -0.15) is 0 Å². The standard InChI is InChI=1S/C13H10N4OS/c14-12(15)9-7-11(19-13-16-5-6-18-13)17-10-4-2-1-3-8(9)10/h1-7H,(H3,14,15). The fourth-order valence-corrected chi connectivity index (χ4v) is 2.49. The minimum atomic E-state index is 0.0212. The van der Waals surface area contributed by atoms with Gasteiger partial charge in [-0.3, -0.25) is 5.41 Å². The van der Waals surface area contributed by atoms with E-state index in [1.54, 1.807) is 12.3 Å². The molecule has 0 aliphatic heterocycles. The summed E-state index contributed by atoms with van der Waals surface area (Å²) >= 11 is 1.30. The Hall–Kier alpha value is -2.34. The monoisotopic (exact) mass is 270 g/mol. The predicted molar refractivity (Wildman–Crippen MR) is 73.4 cm³/mol. The van der Waals surface area contributed by atoms with Gasteiger partial charge in [-0.15, -0.1) is 0 Å². The molecule has 0 atom stereocenters. The summed E-state index contributed by atoms with van der Waals surface area (Å²) in [6.07, 6.45) is 3.09. The van der Waals surface area contributed by atoms with Gasteiger partial charge in [0.05, 0.1) is 11.7 Å². The SMILES string of the molecule is N=C(N)c1cc(Sc2ncco2)nc2ccccc12. The third kappa shape index (κ3) is 2.30. The van der Waals surface area contributed by atoms with Gasteiger partial charge in [0.25, 0.3) is 5.22 Å². The number of rotatable bonds is 3. The van der Waals surface area contributed by atoms with Crippen LogP contribution >= 0.6 is 11.8 Å². The second-order valence-corrected chi connectivity index (χ2v) is 4.81. The van der Waals surface area contributed by atoms with E-state index in [0.717, 1.165) is 10.9 Å². The van der Waals surface area contributed by atoms with Gasteiger partial charge in [-0.25, -0.2) is 9.97 Å². The molecule has 3 N–H and O–H groups in total. The van der Waals surface area contributed by atoms with Crippen molar-refractivity contribution in [3.8, 4) is 0 Å². The lowest BCUT2D eigenvalue weighted by Crippen LogP contribution is -2.12. The minimum absolute atomic E-state index is 0.0212. The molecular formula is C13H10N4OS. The number of oxazole rings is 1. The van der Waals surface area contributed by atoms with Crippen molar-refractivity contribution in [2.75, 3.05) is 0 Å². The molecule has 0 fully saturated rings. The van der Waals surface area contributed by atoms with Gasteiger partial charge >= 0.3 is 0 Å². The second kappa shape index (κ2) is 4.74. The molecule has 19 heavy (non-hydrogen) atoms. The van der Waals surface area contributed by atoms with Crippen molar-refractivity contribution >= 4 is 28.5 Å². The van der Waals surface area contributed by atoms with Gasteiger partial charge in [0.1, 0.15) is 17.1 Å². The summed E-state index contributed by atoms with van der Waals surface area (Å²) in [5.41, 5.74) is 7.09. The summed E-state index contributed by atoms with van der Waals surface area (Å²) < 4.78 is 5.18. The van der Waals surface area contributed by atoms with Crippen molar-refractivity contribution in [3.05, 3.63) is 48.4 Å². The largest absolute Gasteiger partial charge is 0.440 e. The number of aromatic nitrogens is 2. The molecule has 2 aromatic heterocycles. The maximum Gasteiger partial charge on any atom is 0.261 e. The highest BCUT2D eigenvalue weighted by molar-refractivity contribution is 7.99. The zero-order valence-electron chi connectivity index (χ0n) is 9.83. The van der Waals surface area contributed by atoms with E-state index in [9.17, 15) is 0 Å². The summed E-state index contributed by atoms with van der Waals surface area (Å²) in [5.74, 6) is 0.0212. The van der Waals surface area contributed by atoms with Crippen LogP contribution in [0, 0.1) is 5.41 Å². The zero-order valence-corrected chi connectivity index (χ0v) is 10.6. The average molecular weight is 270 g/mol. The fraction of sp³-hybridized carbons (Fsp3) is 0. The first-order chi connectivity index (χ1) is 9.24. The number of pyridine rings is 1. The first-order valence-electron chi connectivity index (χ1n) is 5.55. The molecule has 6 heteroatoms. The molecule has 0 radical (unpaired) electrons. The van der Waals surface area contributed by atoms with Gasteiger partial charge in [-0.05, 0) is 23.9 Å². The van der Waals surface area contributed by atoms with E-state index >= 15 is 0 Å². The summed E-state index contributed by atoms with van der Waals surface area (Å²) in [6.45, 7) is 0. The Morgan fingerprint density at radius 3 is 2.89 bits per heavy atom. The molecule has 0 saturated heterocycles. The van der Waals surface area contributed by atoms with E-state index in [2.05, 4.69) is 9.97 Å². The molecule has 2 heterocycles. The number of hydrogen-bond acceptors (Lipinski definition) is 5. The molecule has 5 nitrogen and oxygen atoms in total. The Balaban J connectivity index is 2.13. The maximum absolute atomic E-state index is 7.67. The molecule has 1 aromatic carbocycles. The topological polar surface area (TPSA) is 88.8 Å². The molecule has 0 unspecified atom stereocenters. The lowest BCUT2D eigenvalue weighted by atomic mass is 10.1. The highest BCUT2D eigenvalue weighted by Gasteiger charge is 2.10. The Bertz CT molecular complexity index is 739. The van der Waals surface area contributed by atoms with Crippen LogP contribution in [0.15, 0.2) is 57.5 Å². The molecule has 3 aromatic rings. The molecule has 0 spiro atoms. The Morgan fingerprint density at radius 1 is 1.32 bits per heavy atom. The molecule has 0 bridgehead atoms. The highest BCUT2D eigenvalue weighted by Crippen LogP contribution is 2.28. The number of fused-ring (bicyclic) bond motifs is 1. The van der Waals surface area contributed by atoms with Crippen LogP contribution in [0.3, 0.4) is 0 Å². The van der Waals surface area contributed by atoms with Crippen molar-refractivity contribution in [2.45, 2.75) is 10.2 Å². The number of benzene rings is 1. The number of hydrogen-bond donors (Lipinski definition) is 2. The first-order valence-corrected chi connectivity index (χ1v) is 6.37. The predicted octanol–water partition coefficient (Wildman–Crippen LogP) is 2.66. The molecule has 3 rings (SSSR count). The first kappa shape index (κ1) is 11.7. The van der Waals surface area contributed by atoms with E-state index in [-0.39, 0.29) is 5.84 Å². The van der Waals surface area contributed by atoms with Gasteiger partial charge < -0.3 is 10.2 Å². The molecule has 0 aliphatic carbocycles. The minimum Gasteiger partial charge on any atom is -0.440 e. The lowest BCUT2D eigenvalue weighted by Gasteiger charge is -2.06. The van der Waals surface area contributed by atoms with Crippen molar-refractivity contribution in [3.63, 3.8) is 0 Å². The quantitative estimate of drug-likeness (QED) is 0.564. The van der Waals surface area contributed by atoms with Crippen LogP contribution in [0.25, 0.3) is 10.9 Å². The normalized spacial score (nSPS) is 10.7. The number of amidine groups is 1. The van der Waals surface area contributed by atoms with Gasteiger partial charge in [0.15, 0.2) is 0 Å². The van der Waals surface area contributed by atoms with Crippen molar-refractivity contribution < 1.29 is 4.42 Å². The van der Waals surface area contributed by atoms with Crippen molar-refractivity contribution in [2.24, 2.45) is 5.73 Å². The Morgan fingerprint density at radius 2 is 2.16 bits per heavy atom. The fourth-order valence-electron chi connectivity index (χ4n) is 1.78. The number of nitrogen functional groups attached to an aromatic ring is 1. The third-order valence-corrected chi connectivity index (χ3v) is 3.38. The summed E-state index contributed by atoms with van der Waals surface area (Å²) in [5, 5.41) is 9.74. The van der Waals surface area contributed by atoms with Crippen LogP contribution < -0.4 is 5.73 Å². The van der Waals surface area contributed by atoms with Crippen LogP contribution in [-0.2, 0) is 0 Å². The average Bonchev–Trinajstić information content (AvgIpc) is 2.90. The number of para-hydroxylation sites is 1. The van der Waals surface area contributed by atoms with E-state index < -0.39 is 0 Å². The maximum atomic E-state index is 7.67. The number of nitrogens with one attached hydrogen (secondary N) is 1. The molecular weight excluding hydrogens is 260 g/mol. The summed E-state index contributed by atoms with van der Waals surface area (Å²) in [4.78, 5) is 8.54. The van der Waals surface area contributed by atoms with Gasteiger partial charge in [-0.1, -0.05) is 18.2 Å². The third-order valence-electron chi connectivity index (χ3n) is 2.58. The highest BCUT2D eigenvalue weighted by atomic mass is 32.2. The summed E-state index contributed by atoms with van der Waals surface area (Å²) in [6, 6.07) is 9.37. The van der Waals surface area contributed by atoms with Crippen LogP contribution in [0.5, 0.6) is 0 Å². The molecule has 0 aliphatic rings. The van der Waals surface area contributed by atoms with E-state index in [0.29, 0.717) is 15.8 Å². The van der Waals surface area contributed by atoms with Crippen LogP contribution in [-0.4, -0.2) is 15.8 Å². The zero-order chi connectivity index (χ0) is 13.2. The molecule has 0 amide bonds. The van der Waals surface area contributed by atoms with Gasteiger partial charge in [0, 0.05) is 10.9 Å². The Labute approximate surface area is 113 Å². The smallest absolute Gasteiger partial charge is 0.261 e. The Kier molecular flexibility index (Phi) is 2.92. The molecule has 0 saturated carbocycles. The molecule has 94 valence electrons. The van der Waals surface area contributed by atoms with Crippen molar-refractivity contribution in [1.29, 1.82) is 5.41 Å². The van der Waals surface area contributed by atoms with Crippen LogP contribution in [0.2, 0.25) is 0 Å². The van der Waals surface area contributed by atoms with E-state index in [4.69, 9.17) is 15.6 Å². The van der Waals surface area contributed by atoms with E-state index in [1.165, 1.54) is 18.0 Å². The van der Waals surface area contributed by atoms with E-state index in [1.807, 2.05) is 24.3 Å². The van der Waals surface area contributed by atoms with Gasteiger partial charge in [0.2, 0.25) is 0 Å². The second-order valence-electron chi connectivity index (χ2n) is 3.84. The van der Waals surface area contributed by atoms with Crippen LogP contribution in [0.1, 0.15) is 5.56 Å². The number of nitrogens with two attached hydrogens (primary N) is 1. The summed E-state index contributed by atoms with van der Waals surface area (Å²) in [7, 11) is 0. The van der Waals surface area contributed by atoms with Crippen molar-refractivity contribution in [1.82, 2.24) is 9.97 Å². The number of nitrogens with zero attached hydrogens (tertiary/aromatic N) is 2.